The SMILES string of the molecule is Cc1ccsc1C1CC(c2ccc(Br)cc2)Nc2nnnn21. The molecular formula is C15H14BrN5S. The number of hydrogen-bond acceptors (Lipinski definition) is 5. The van der Waals surface area contributed by atoms with Gasteiger partial charge in [-0.1, -0.05) is 33.2 Å². The van der Waals surface area contributed by atoms with Gasteiger partial charge in [-0.15, -0.1) is 11.3 Å². The number of anilines is 1. The van der Waals surface area contributed by atoms with E-state index in [-0.39, 0.29) is 12.1 Å². The number of halogens is 1. The molecule has 0 bridgehead atoms. The fourth-order valence-corrected chi connectivity index (χ4v) is 4.19. The summed E-state index contributed by atoms with van der Waals surface area (Å²) in [6, 6.07) is 11.0. The standard InChI is InChI=1S/C15H14BrN5S/c1-9-6-7-22-14(9)13-8-12(10-2-4-11(16)5-3-10)17-15-18-19-20-21(13)15/h2-7,12-13H,8H2,1H3,(H,17,18,20). The maximum atomic E-state index is 4.17. The smallest absolute Gasteiger partial charge is 0.244 e. The molecule has 0 amide bonds. The molecule has 1 aliphatic rings. The van der Waals surface area contributed by atoms with Crippen LogP contribution in [0.4, 0.5) is 5.95 Å². The summed E-state index contributed by atoms with van der Waals surface area (Å²) < 4.78 is 2.98. The largest absolute Gasteiger partial charge is 0.346 e. The molecule has 0 radical (unpaired) electrons. The molecule has 22 heavy (non-hydrogen) atoms. The van der Waals surface area contributed by atoms with Gasteiger partial charge in [-0.05, 0) is 58.5 Å². The zero-order valence-electron chi connectivity index (χ0n) is 11.9. The molecule has 2 aromatic heterocycles. The minimum atomic E-state index is 0.180. The summed E-state index contributed by atoms with van der Waals surface area (Å²) in [7, 11) is 0. The Morgan fingerprint density at radius 2 is 2.09 bits per heavy atom. The highest BCUT2D eigenvalue weighted by molar-refractivity contribution is 9.10. The van der Waals surface area contributed by atoms with Crippen LogP contribution in [0.2, 0.25) is 0 Å². The summed E-state index contributed by atoms with van der Waals surface area (Å²) in [4.78, 5) is 1.33. The van der Waals surface area contributed by atoms with Gasteiger partial charge in [0, 0.05) is 9.35 Å². The fraction of sp³-hybridized carbons (Fsp3) is 0.267. The number of nitrogens with one attached hydrogen (secondary N) is 1. The lowest BCUT2D eigenvalue weighted by Crippen LogP contribution is -2.28. The summed E-state index contributed by atoms with van der Waals surface area (Å²) in [5.74, 6) is 0.733. The van der Waals surface area contributed by atoms with Gasteiger partial charge >= 0.3 is 0 Å². The van der Waals surface area contributed by atoms with Crippen molar-refractivity contribution in [1.82, 2.24) is 20.2 Å². The average Bonchev–Trinajstić information content (AvgIpc) is 3.15. The van der Waals surface area contributed by atoms with Crippen LogP contribution >= 0.6 is 27.3 Å². The van der Waals surface area contributed by atoms with Gasteiger partial charge in [-0.2, -0.15) is 0 Å². The third-order valence-corrected chi connectivity index (χ3v) is 5.68. The summed E-state index contributed by atoms with van der Waals surface area (Å²) in [6.07, 6.45) is 0.932. The van der Waals surface area contributed by atoms with Crippen LogP contribution < -0.4 is 5.32 Å². The summed E-state index contributed by atoms with van der Waals surface area (Å²) in [5, 5.41) is 17.7. The Kier molecular flexibility index (Phi) is 3.46. The predicted molar refractivity (Wildman–Crippen MR) is 90.1 cm³/mol. The maximum absolute atomic E-state index is 4.17. The second-order valence-electron chi connectivity index (χ2n) is 5.41. The van der Waals surface area contributed by atoms with Crippen molar-refractivity contribution in [2.45, 2.75) is 25.4 Å². The normalized spacial score (nSPS) is 20.5. The number of rotatable bonds is 2. The van der Waals surface area contributed by atoms with E-state index in [0.717, 1.165) is 16.8 Å². The third kappa shape index (κ3) is 2.34. The highest BCUT2D eigenvalue weighted by Gasteiger charge is 2.31. The van der Waals surface area contributed by atoms with Crippen LogP contribution in [0.1, 0.15) is 34.5 Å². The lowest BCUT2D eigenvalue weighted by atomic mass is 9.96. The van der Waals surface area contributed by atoms with Crippen molar-refractivity contribution in [3.05, 3.63) is 56.2 Å². The zero-order chi connectivity index (χ0) is 15.1. The molecule has 0 aliphatic carbocycles. The van der Waals surface area contributed by atoms with Crippen molar-refractivity contribution in [1.29, 1.82) is 0 Å². The molecule has 5 nitrogen and oxygen atoms in total. The molecule has 3 heterocycles. The van der Waals surface area contributed by atoms with Gasteiger partial charge < -0.3 is 5.32 Å². The molecule has 7 heteroatoms. The van der Waals surface area contributed by atoms with Crippen LogP contribution in [-0.4, -0.2) is 20.2 Å². The Morgan fingerprint density at radius 1 is 1.27 bits per heavy atom. The van der Waals surface area contributed by atoms with Crippen molar-refractivity contribution >= 4 is 33.2 Å². The number of fused-ring (bicyclic) bond motifs is 1. The quantitative estimate of drug-likeness (QED) is 0.736. The first kappa shape index (κ1) is 13.9. The molecule has 2 atom stereocenters. The molecule has 3 aromatic rings. The fourth-order valence-electron chi connectivity index (χ4n) is 2.89. The van der Waals surface area contributed by atoms with Gasteiger partial charge in [0.1, 0.15) is 0 Å². The Morgan fingerprint density at radius 3 is 2.82 bits per heavy atom. The Labute approximate surface area is 140 Å². The number of aromatic nitrogens is 4. The van der Waals surface area contributed by atoms with Crippen molar-refractivity contribution < 1.29 is 0 Å². The molecular weight excluding hydrogens is 362 g/mol. The van der Waals surface area contributed by atoms with Gasteiger partial charge in [-0.3, -0.25) is 0 Å². The van der Waals surface area contributed by atoms with E-state index < -0.39 is 0 Å². The van der Waals surface area contributed by atoms with Gasteiger partial charge in [0.05, 0.1) is 12.1 Å². The van der Waals surface area contributed by atoms with Crippen molar-refractivity contribution in [3.8, 4) is 0 Å². The van der Waals surface area contributed by atoms with E-state index in [2.05, 4.69) is 79.4 Å². The van der Waals surface area contributed by atoms with Crippen LogP contribution in [0.3, 0.4) is 0 Å². The Bertz CT molecular complexity index is 794. The number of thiophene rings is 1. The molecule has 0 spiro atoms. The summed E-state index contributed by atoms with van der Waals surface area (Å²) >= 11 is 5.26. The number of benzene rings is 1. The molecule has 0 saturated heterocycles. The second-order valence-corrected chi connectivity index (χ2v) is 7.28. The minimum Gasteiger partial charge on any atom is -0.346 e. The average molecular weight is 376 g/mol. The topological polar surface area (TPSA) is 55.6 Å². The first-order chi connectivity index (χ1) is 10.7. The number of aryl methyl sites for hydroxylation is 1. The lowest BCUT2D eigenvalue weighted by molar-refractivity contribution is 0.428. The van der Waals surface area contributed by atoms with Gasteiger partial charge in [0.2, 0.25) is 5.95 Å². The maximum Gasteiger partial charge on any atom is 0.244 e. The molecule has 4 rings (SSSR count). The molecule has 2 unspecified atom stereocenters. The van der Waals surface area contributed by atoms with E-state index >= 15 is 0 Å². The van der Waals surface area contributed by atoms with Crippen LogP contribution in [0.5, 0.6) is 0 Å². The molecule has 1 aromatic carbocycles. The van der Waals surface area contributed by atoms with E-state index in [1.807, 2.05) is 4.68 Å². The second kappa shape index (κ2) is 5.48. The summed E-state index contributed by atoms with van der Waals surface area (Å²) in [5.41, 5.74) is 2.55. The number of hydrogen-bond donors (Lipinski definition) is 1. The highest BCUT2D eigenvalue weighted by Crippen LogP contribution is 2.39. The Hall–Kier alpha value is -1.73. The highest BCUT2D eigenvalue weighted by atomic mass is 79.9. The minimum absolute atomic E-state index is 0.180. The van der Waals surface area contributed by atoms with E-state index in [1.54, 1.807) is 11.3 Å². The first-order valence-electron chi connectivity index (χ1n) is 7.06. The van der Waals surface area contributed by atoms with E-state index in [9.17, 15) is 0 Å². The van der Waals surface area contributed by atoms with E-state index in [1.165, 1.54) is 16.0 Å². The van der Waals surface area contributed by atoms with Crippen molar-refractivity contribution in [2.75, 3.05) is 5.32 Å². The predicted octanol–water partition coefficient (Wildman–Crippen LogP) is 3.95. The van der Waals surface area contributed by atoms with Crippen LogP contribution in [-0.2, 0) is 0 Å². The number of tetrazole rings is 1. The van der Waals surface area contributed by atoms with Gasteiger partial charge in [0.25, 0.3) is 0 Å². The zero-order valence-corrected chi connectivity index (χ0v) is 14.3. The number of nitrogens with zero attached hydrogens (tertiary/aromatic N) is 4. The van der Waals surface area contributed by atoms with Crippen molar-refractivity contribution in [2.24, 2.45) is 0 Å². The van der Waals surface area contributed by atoms with Crippen molar-refractivity contribution in [3.63, 3.8) is 0 Å². The van der Waals surface area contributed by atoms with E-state index in [4.69, 9.17) is 0 Å². The first-order valence-corrected chi connectivity index (χ1v) is 8.73. The van der Waals surface area contributed by atoms with Crippen LogP contribution in [0.15, 0.2) is 40.2 Å². The van der Waals surface area contributed by atoms with Gasteiger partial charge in [0.15, 0.2) is 0 Å². The third-order valence-electron chi connectivity index (χ3n) is 4.03. The molecule has 0 saturated carbocycles. The molecule has 1 N–H and O–H groups in total. The van der Waals surface area contributed by atoms with E-state index in [0.29, 0.717) is 0 Å². The van der Waals surface area contributed by atoms with Crippen LogP contribution in [0, 0.1) is 6.92 Å². The molecule has 0 fully saturated rings. The van der Waals surface area contributed by atoms with Gasteiger partial charge in [-0.25, -0.2) is 4.68 Å². The summed E-state index contributed by atoms with van der Waals surface area (Å²) in [6.45, 7) is 2.15. The monoisotopic (exact) mass is 375 g/mol. The Balaban J connectivity index is 1.74. The molecule has 112 valence electrons. The van der Waals surface area contributed by atoms with Crippen LogP contribution in [0.25, 0.3) is 0 Å². The molecule has 1 aliphatic heterocycles. The lowest BCUT2D eigenvalue weighted by Gasteiger charge is -2.30.